The van der Waals surface area contributed by atoms with Gasteiger partial charge >= 0.3 is 0 Å². The number of carbonyl (C=O) groups is 1. The van der Waals surface area contributed by atoms with Gasteiger partial charge in [-0.15, -0.1) is 0 Å². The van der Waals surface area contributed by atoms with Gasteiger partial charge in [0, 0.05) is 19.1 Å². The summed E-state index contributed by atoms with van der Waals surface area (Å²) >= 11 is 0. The molecule has 1 aromatic carbocycles. The Hall–Kier alpha value is -1.40. The first kappa shape index (κ1) is 16.5. The molecule has 126 valence electrons. The van der Waals surface area contributed by atoms with Crippen molar-refractivity contribution in [1.29, 1.82) is 0 Å². The lowest BCUT2D eigenvalue weighted by Gasteiger charge is -2.45. The maximum absolute atomic E-state index is 13.1. The first-order chi connectivity index (χ1) is 10.9. The van der Waals surface area contributed by atoms with E-state index in [0.717, 1.165) is 24.8 Å². The lowest BCUT2D eigenvalue weighted by atomic mass is 9.63. The van der Waals surface area contributed by atoms with Crippen molar-refractivity contribution in [3.05, 3.63) is 35.9 Å². The van der Waals surface area contributed by atoms with E-state index >= 15 is 0 Å². The third-order valence-corrected chi connectivity index (χ3v) is 5.87. The van der Waals surface area contributed by atoms with Crippen LogP contribution in [-0.4, -0.2) is 44.6 Å². The van der Waals surface area contributed by atoms with Crippen molar-refractivity contribution in [2.45, 2.75) is 43.6 Å². The summed E-state index contributed by atoms with van der Waals surface area (Å²) in [7, 11) is -3.18. The van der Waals surface area contributed by atoms with Crippen LogP contribution >= 0.6 is 0 Å². The van der Waals surface area contributed by atoms with E-state index in [4.69, 9.17) is 0 Å². The van der Waals surface area contributed by atoms with Gasteiger partial charge in [0.1, 0.15) is 0 Å². The van der Waals surface area contributed by atoms with Crippen molar-refractivity contribution in [2.75, 3.05) is 19.3 Å². The summed E-state index contributed by atoms with van der Waals surface area (Å²) in [5.41, 5.74) is 0.769. The summed E-state index contributed by atoms with van der Waals surface area (Å²) in [4.78, 5) is 15.0. The Bertz CT molecular complexity index is 660. The zero-order chi connectivity index (χ0) is 16.5. The van der Waals surface area contributed by atoms with Crippen LogP contribution in [0.1, 0.15) is 37.7 Å². The van der Waals surface area contributed by atoms with E-state index in [1.54, 1.807) is 0 Å². The second-order valence-corrected chi connectivity index (χ2v) is 8.54. The highest BCUT2D eigenvalue weighted by Crippen LogP contribution is 2.45. The number of nitrogens with zero attached hydrogens (tertiary/aromatic N) is 1. The molecular formula is C17H24N2O3S. The van der Waals surface area contributed by atoms with Crippen LogP contribution in [0.2, 0.25) is 0 Å². The Kier molecular flexibility index (Phi) is 4.47. The van der Waals surface area contributed by atoms with Crippen molar-refractivity contribution in [1.82, 2.24) is 9.62 Å². The van der Waals surface area contributed by atoms with Crippen molar-refractivity contribution in [3.8, 4) is 0 Å². The third kappa shape index (κ3) is 3.43. The monoisotopic (exact) mass is 336 g/mol. The van der Waals surface area contributed by atoms with Crippen molar-refractivity contribution >= 4 is 15.9 Å². The number of rotatable bonds is 4. The molecular weight excluding hydrogens is 312 g/mol. The Labute approximate surface area is 138 Å². The number of sulfonamides is 1. The summed E-state index contributed by atoms with van der Waals surface area (Å²) in [5, 5.41) is 0. The third-order valence-electron chi connectivity index (χ3n) is 5.11. The number of carbonyl (C=O) groups excluding carboxylic acids is 1. The fourth-order valence-corrected chi connectivity index (χ4v) is 4.56. The Morgan fingerprint density at radius 3 is 2.26 bits per heavy atom. The first-order valence-electron chi connectivity index (χ1n) is 8.23. The van der Waals surface area contributed by atoms with E-state index in [2.05, 4.69) is 16.9 Å². The van der Waals surface area contributed by atoms with Crippen LogP contribution in [0.5, 0.6) is 0 Å². The van der Waals surface area contributed by atoms with E-state index in [1.165, 1.54) is 6.26 Å². The Morgan fingerprint density at radius 1 is 1.17 bits per heavy atom. The van der Waals surface area contributed by atoms with Gasteiger partial charge in [-0.1, -0.05) is 36.8 Å². The van der Waals surface area contributed by atoms with Crippen molar-refractivity contribution in [3.63, 3.8) is 0 Å². The van der Waals surface area contributed by atoms with E-state index in [0.29, 0.717) is 25.9 Å². The fourth-order valence-electron chi connectivity index (χ4n) is 3.72. The van der Waals surface area contributed by atoms with E-state index < -0.39 is 10.0 Å². The summed E-state index contributed by atoms with van der Waals surface area (Å²) in [5.74, 6) is 0.216. The lowest BCUT2D eigenvalue weighted by molar-refractivity contribution is -0.142. The molecule has 2 fully saturated rings. The highest BCUT2D eigenvalue weighted by Gasteiger charge is 2.47. The number of nitrogens with one attached hydrogen (secondary N) is 1. The second-order valence-electron chi connectivity index (χ2n) is 6.76. The standard InChI is InChI=1S/C17H24N2O3S/c1-23(21,22)18-15-8-12-19(13-9-15)16(20)17(10-5-11-17)14-6-3-2-4-7-14/h2-4,6-7,15,18H,5,8-13H2,1H3. The number of piperidine rings is 1. The number of benzene rings is 1. The van der Waals surface area contributed by atoms with Gasteiger partial charge in [0.25, 0.3) is 0 Å². The molecule has 2 aliphatic rings. The van der Waals surface area contributed by atoms with Gasteiger partial charge < -0.3 is 4.90 Å². The van der Waals surface area contributed by atoms with Gasteiger partial charge in [0.15, 0.2) is 0 Å². The van der Waals surface area contributed by atoms with Crippen LogP contribution in [0, 0.1) is 0 Å². The average Bonchev–Trinajstić information content (AvgIpc) is 2.46. The molecule has 0 bridgehead atoms. The molecule has 1 heterocycles. The molecule has 0 radical (unpaired) electrons. The maximum atomic E-state index is 13.1. The first-order valence-corrected chi connectivity index (χ1v) is 10.1. The molecule has 1 amide bonds. The Morgan fingerprint density at radius 2 is 1.78 bits per heavy atom. The van der Waals surface area contributed by atoms with Crippen LogP contribution in [0.4, 0.5) is 0 Å². The van der Waals surface area contributed by atoms with Gasteiger partial charge in [0.05, 0.1) is 11.7 Å². The SMILES string of the molecule is CS(=O)(=O)NC1CCN(C(=O)C2(c3ccccc3)CCC2)CC1. The minimum Gasteiger partial charge on any atom is -0.342 e. The van der Waals surface area contributed by atoms with E-state index in [-0.39, 0.29) is 17.4 Å². The molecule has 1 N–H and O–H groups in total. The summed E-state index contributed by atoms with van der Waals surface area (Å²) < 4.78 is 25.3. The molecule has 1 aromatic rings. The van der Waals surface area contributed by atoms with Crippen molar-refractivity contribution < 1.29 is 13.2 Å². The molecule has 1 aliphatic heterocycles. The molecule has 0 atom stereocenters. The summed E-state index contributed by atoms with van der Waals surface area (Å²) in [6, 6.07) is 10.0. The lowest BCUT2D eigenvalue weighted by Crippen LogP contribution is -2.54. The van der Waals surface area contributed by atoms with Gasteiger partial charge in [-0.05, 0) is 31.2 Å². The van der Waals surface area contributed by atoms with E-state index in [1.807, 2.05) is 23.1 Å². The second kappa shape index (κ2) is 6.24. The summed E-state index contributed by atoms with van der Waals surface area (Å²) in [6.45, 7) is 1.25. The topological polar surface area (TPSA) is 66.5 Å². The summed E-state index contributed by atoms with van der Waals surface area (Å²) in [6.07, 6.45) is 5.47. The normalized spacial score (nSPS) is 21.7. The van der Waals surface area contributed by atoms with Gasteiger partial charge in [-0.2, -0.15) is 0 Å². The molecule has 1 saturated heterocycles. The van der Waals surface area contributed by atoms with Gasteiger partial charge in [-0.3, -0.25) is 4.79 Å². The number of hydrogen-bond donors (Lipinski definition) is 1. The molecule has 0 spiro atoms. The largest absolute Gasteiger partial charge is 0.342 e. The quantitative estimate of drug-likeness (QED) is 0.909. The minimum atomic E-state index is -3.18. The van der Waals surface area contributed by atoms with Crippen molar-refractivity contribution in [2.24, 2.45) is 0 Å². The average molecular weight is 336 g/mol. The predicted octanol–water partition coefficient (Wildman–Crippen LogP) is 1.65. The Balaban J connectivity index is 1.67. The molecule has 0 unspecified atom stereocenters. The van der Waals surface area contributed by atoms with Crippen LogP contribution in [0.15, 0.2) is 30.3 Å². The predicted molar refractivity (Wildman–Crippen MR) is 89.6 cm³/mol. The number of likely N-dealkylation sites (tertiary alicyclic amines) is 1. The van der Waals surface area contributed by atoms with Crippen LogP contribution in [0.3, 0.4) is 0 Å². The number of hydrogen-bond acceptors (Lipinski definition) is 3. The zero-order valence-corrected chi connectivity index (χ0v) is 14.3. The fraction of sp³-hybridized carbons (Fsp3) is 0.588. The number of amides is 1. The zero-order valence-electron chi connectivity index (χ0n) is 13.5. The highest BCUT2D eigenvalue weighted by atomic mass is 32.2. The molecule has 6 heteroatoms. The van der Waals surface area contributed by atoms with Crippen LogP contribution in [-0.2, 0) is 20.2 Å². The molecule has 3 rings (SSSR count). The van der Waals surface area contributed by atoms with Crippen LogP contribution < -0.4 is 4.72 Å². The van der Waals surface area contributed by atoms with E-state index in [9.17, 15) is 13.2 Å². The molecule has 1 aliphatic carbocycles. The smallest absolute Gasteiger partial charge is 0.233 e. The highest BCUT2D eigenvalue weighted by molar-refractivity contribution is 7.88. The van der Waals surface area contributed by atoms with Gasteiger partial charge in [-0.25, -0.2) is 13.1 Å². The van der Waals surface area contributed by atoms with Gasteiger partial charge in [0.2, 0.25) is 15.9 Å². The van der Waals surface area contributed by atoms with Crippen LogP contribution in [0.25, 0.3) is 0 Å². The maximum Gasteiger partial charge on any atom is 0.233 e. The molecule has 0 aromatic heterocycles. The molecule has 23 heavy (non-hydrogen) atoms. The minimum absolute atomic E-state index is 0.0527. The molecule has 1 saturated carbocycles. The molecule has 5 nitrogen and oxygen atoms in total.